The van der Waals surface area contributed by atoms with Crippen LogP contribution in [0.4, 0.5) is 5.69 Å². The van der Waals surface area contributed by atoms with Gasteiger partial charge in [0, 0.05) is 39.4 Å². The predicted octanol–water partition coefficient (Wildman–Crippen LogP) is -3.00. The summed E-state index contributed by atoms with van der Waals surface area (Å²) < 4.78 is 105. The van der Waals surface area contributed by atoms with Crippen LogP contribution >= 0.6 is 12.0 Å². The zero-order valence-electron chi connectivity index (χ0n) is 33.6. The fourth-order valence-corrected chi connectivity index (χ4v) is 9.00. The maximum absolute atomic E-state index is 11.8. The van der Waals surface area contributed by atoms with E-state index in [1.54, 1.807) is 12.1 Å². The smallest absolute Gasteiger partial charge is 0.748 e. The molecule has 20 heteroatoms. The van der Waals surface area contributed by atoms with Gasteiger partial charge in [-0.3, -0.25) is 9.59 Å². The predicted molar refractivity (Wildman–Crippen MR) is 203 cm³/mol. The third-order valence-corrected chi connectivity index (χ3v) is 12.6. The quantitative estimate of drug-likeness (QED) is 0.0301. The largest absolute Gasteiger partial charge is 1.00 e. The van der Waals surface area contributed by atoms with Crippen molar-refractivity contribution in [3.8, 4) is 0 Å². The van der Waals surface area contributed by atoms with E-state index >= 15 is 0 Å². The molecular weight excluding hydrogens is 896 g/mol. The number of anilines is 1. The molecule has 0 saturated heterocycles. The molecule has 0 amide bonds. The average Bonchev–Trinajstić information content (AvgIpc) is 3.40. The summed E-state index contributed by atoms with van der Waals surface area (Å²) >= 11 is 0.795. The Bertz CT molecular complexity index is 2230. The molecule has 1 aliphatic heterocycles. The van der Waals surface area contributed by atoms with E-state index in [0.29, 0.717) is 42.0 Å². The second-order valence-corrected chi connectivity index (χ2v) is 19.5. The minimum absolute atomic E-state index is 0. The number of hydrogen-bond acceptors (Lipinski definition) is 13. The van der Waals surface area contributed by atoms with Crippen molar-refractivity contribution < 1.29 is 208 Å². The van der Waals surface area contributed by atoms with Crippen LogP contribution in [0.2, 0.25) is 0 Å². The number of benzene rings is 2. The minimum atomic E-state index is -4.71. The summed E-state index contributed by atoms with van der Waals surface area (Å²) in [6, 6.07) is 9.87. The van der Waals surface area contributed by atoms with Crippen molar-refractivity contribution in [1.29, 1.82) is 0 Å². The van der Waals surface area contributed by atoms with Gasteiger partial charge in [-0.2, -0.15) is 12.8 Å². The van der Waals surface area contributed by atoms with Gasteiger partial charge in [0.15, 0.2) is 0 Å². The zero-order valence-corrected chi connectivity index (χ0v) is 46.2. The molecule has 0 atom stereocenters. The molecule has 0 aromatic heterocycles. The normalized spacial score (nSPS) is 17.1. The molecule has 0 fully saturated rings. The van der Waals surface area contributed by atoms with E-state index in [4.69, 9.17) is 0 Å². The number of allylic oxidation sites excluding steroid dienone is 10. The van der Waals surface area contributed by atoms with Gasteiger partial charge in [-0.15, -0.1) is 0 Å². The molecule has 1 N–H and O–H groups in total. The molecule has 0 bridgehead atoms. The molecule has 2 aromatic rings. The molecule has 4 rings (SSSR count). The van der Waals surface area contributed by atoms with Gasteiger partial charge in [0.25, 0.3) is 10.1 Å². The van der Waals surface area contributed by atoms with Gasteiger partial charge in [-0.05, 0) is 103 Å². The Kier molecular flexibility index (Phi) is 24.1. The molecule has 13 nitrogen and oxygen atoms in total. The maximum atomic E-state index is 11.8. The number of fused-ring (bicyclic) bond motifs is 2. The van der Waals surface area contributed by atoms with Crippen molar-refractivity contribution in [2.45, 2.75) is 87.3 Å². The molecular formula is C37H44K3NO12S4. The molecule has 1 aliphatic carbocycles. The summed E-state index contributed by atoms with van der Waals surface area (Å²) in [5, 5.41) is 13.9. The Morgan fingerprint density at radius 1 is 0.860 bits per heavy atom. The van der Waals surface area contributed by atoms with Crippen molar-refractivity contribution in [3.05, 3.63) is 106 Å². The minimum Gasteiger partial charge on any atom is -0.748 e. The van der Waals surface area contributed by atoms with Crippen LogP contribution in [-0.4, -0.2) is 57.0 Å². The Morgan fingerprint density at radius 3 is 2.14 bits per heavy atom. The molecule has 2 aliphatic rings. The van der Waals surface area contributed by atoms with Gasteiger partial charge in [0.2, 0.25) is 0 Å². The van der Waals surface area contributed by atoms with Crippen LogP contribution in [0, 0.1) is 0 Å². The third-order valence-electron chi connectivity index (χ3n) is 9.64. The fraction of sp³-hybridized carbons (Fsp3) is 0.405. The van der Waals surface area contributed by atoms with Crippen LogP contribution in [-0.2, 0) is 50.6 Å². The molecule has 0 saturated carbocycles. The summed E-state index contributed by atoms with van der Waals surface area (Å²) in [4.78, 5) is 2.27. The van der Waals surface area contributed by atoms with Gasteiger partial charge in [-0.25, -0.2) is 16.8 Å². The first-order chi connectivity index (χ1) is 25.1. The average molecular weight is 940 g/mol. The summed E-state index contributed by atoms with van der Waals surface area (Å²) in [5.74, 6) is -0.826. The molecule has 0 radical (unpaired) electrons. The Hall–Kier alpha value is 1.81. The van der Waals surface area contributed by atoms with Crippen LogP contribution in [0.25, 0.3) is 5.57 Å². The maximum Gasteiger partial charge on any atom is 1.00 e. The molecule has 0 spiro atoms. The Morgan fingerprint density at radius 2 is 1.53 bits per heavy atom. The van der Waals surface area contributed by atoms with Crippen molar-refractivity contribution in [2.24, 2.45) is 0 Å². The second-order valence-electron chi connectivity index (χ2n) is 14.2. The Balaban J connectivity index is 0.00000541. The molecule has 57 heavy (non-hydrogen) atoms. The molecule has 296 valence electrons. The third kappa shape index (κ3) is 16.1. The van der Waals surface area contributed by atoms with E-state index in [0.717, 1.165) is 45.6 Å². The standard InChI is InChI=1S/C37H47NO12S4.3K/c1-26(12-10-15-31-29(14-6-8-22-52(40,41)42)30-19-17-27(51-50-49-39)24-32(30)36(31,2)3)13-11-16-35-37(4,5)33-25-28(54(46,47)48)18-20-34(33)38(35)21-7-9-23-53(43,44)45;;;/h10-13,15-20,24-25,39H,6-9,14,21-23H2,1-5H3,(H,40,41,42)(H,43,44,45)(H,46,47,48);;;/q;3*+1/p-3/b13-11?,15-10?,26-12?,35-16+;;;. The summed E-state index contributed by atoms with van der Waals surface area (Å²) in [5.41, 5.74) is 5.86. The van der Waals surface area contributed by atoms with Gasteiger partial charge in [0.05, 0.1) is 32.8 Å². The van der Waals surface area contributed by atoms with Gasteiger partial charge < -0.3 is 19.3 Å². The fourth-order valence-electron chi connectivity index (χ4n) is 6.98. The Labute approximate surface area is 469 Å². The summed E-state index contributed by atoms with van der Waals surface area (Å²) in [7, 11) is -13.2. The number of nitrogens with zero attached hydrogens (tertiary/aromatic N) is 1. The van der Waals surface area contributed by atoms with E-state index in [9.17, 15) is 44.2 Å². The van der Waals surface area contributed by atoms with E-state index in [1.807, 2.05) is 74.3 Å². The van der Waals surface area contributed by atoms with Gasteiger partial charge >= 0.3 is 154 Å². The molecule has 1 heterocycles. The molecule has 2 aromatic carbocycles. The number of hydrogen-bond donors (Lipinski definition) is 1. The SMILES string of the molecule is CC(C=C/C=C1/N(CCCCS(=O)(=O)[O-])c2ccc(S(=O)(=O)[O-])cc2C1(C)C)=CC=CC1=C(CCCCS(=O)(=O)O)c2ccc(SOO[O-])cc2C1(C)C.[K+].[K+].[K+]. The van der Waals surface area contributed by atoms with Crippen molar-refractivity contribution >= 4 is 53.7 Å². The van der Waals surface area contributed by atoms with Crippen molar-refractivity contribution in [1.82, 2.24) is 0 Å². The van der Waals surface area contributed by atoms with Crippen LogP contribution in [0.3, 0.4) is 0 Å². The monoisotopic (exact) mass is 939 g/mol. The number of rotatable bonds is 18. The van der Waals surface area contributed by atoms with Crippen molar-refractivity contribution in [3.63, 3.8) is 0 Å². The summed E-state index contributed by atoms with van der Waals surface area (Å²) in [6.07, 6.45) is 13.4. The van der Waals surface area contributed by atoms with Crippen LogP contribution in [0.15, 0.2) is 99.5 Å². The molecule has 0 unspecified atom stereocenters. The second kappa shape index (κ2) is 24.2. The number of unbranched alkanes of at least 4 members (excludes halogenated alkanes) is 2. The first kappa shape index (κ1) is 56.8. The van der Waals surface area contributed by atoms with E-state index in [1.165, 1.54) is 12.1 Å². The first-order valence-corrected chi connectivity index (χ1v) is 22.4. The van der Waals surface area contributed by atoms with E-state index in [-0.39, 0.29) is 178 Å². The van der Waals surface area contributed by atoms with Gasteiger partial charge in [0.1, 0.15) is 10.1 Å². The van der Waals surface area contributed by atoms with Crippen LogP contribution in [0.1, 0.15) is 83.4 Å². The van der Waals surface area contributed by atoms with E-state index < -0.39 is 46.9 Å². The van der Waals surface area contributed by atoms with E-state index in [2.05, 4.69) is 23.2 Å². The van der Waals surface area contributed by atoms with Gasteiger partial charge in [-0.1, -0.05) is 69.7 Å². The van der Waals surface area contributed by atoms with Crippen LogP contribution < -0.4 is 164 Å². The van der Waals surface area contributed by atoms with Crippen LogP contribution in [0.5, 0.6) is 0 Å². The topological polar surface area (TPSA) is 214 Å². The zero-order chi connectivity index (χ0) is 40.1. The first-order valence-electron chi connectivity index (χ1n) is 17.1. The summed E-state index contributed by atoms with van der Waals surface area (Å²) in [6.45, 7) is 10.2. The van der Waals surface area contributed by atoms with Crippen molar-refractivity contribution in [2.75, 3.05) is 23.0 Å².